The van der Waals surface area contributed by atoms with E-state index in [0.717, 1.165) is 36.4 Å². The van der Waals surface area contributed by atoms with Crippen molar-refractivity contribution in [1.82, 2.24) is 38.9 Å². The molecule has 2 saturated heterocycles. The van der Waals surface area contributed by atoms with E-state index >= 15 is 17.6 Å². The maximum Gasteiger partial charge on any atom is 0.335 e. The van der Waals surface area contributed by atoms with E-state index in [0.29, 0.717) is 33.7 Å². The molecule has 26 heteroatoms. The number of benzene rings is 6. The third-order valence-corrected chi connectivity index (χ3v) is 16.4. The van der Waals surface area contributed by atoms with Gasteiger partial charge in [0.2, 0.25) is 23.6 Å². The summed E-state index contributed by atoms with van der Waals surface area (Å²) in [5.74, 6) is -7.46. The summed E-state index contributed by atoms with van der Waals surface area (Å²) in [6.07, 6.45) is -0.349. The monoisotopic (exact) mass is 1310 g/mol. The molecule has 2 aliphatic heterocycles. The van der Waals surface area contributed by atoms with Crippen molar-refractivity contribution in [2.45, 2.75) is 38.1 Å². The first kappa shape index (κ1) is 66.0. The summed E-state index contributed by atoms with van der Waals surface area (Å²) < 4.78 is 117. The van der Waals surface area contributed by atoms with Gasteiger partial charge in [-0.15, -0.1) is 0 Å². The highest BCUT2D eigenvalue weighted by Crippen LogP contribution is 2.38. The molecule has 2 fully saturated rings. The Hall–Kier alpha value is -11.5. The molecule has 0 unspecified atom stereocenters. The normalized spacial score (nSPS) is 15.8. The standard InChI is InChI=1S/2C35H28F3N5O5/c2*1-42(2)34(44)24-17-47-18-31(24)43-30-12-20(35(45)46)8-9-29(30)40-32(43)13-22-11-27(38)23(14-26(22)37)28-4-3-5-33(41-28)48-16-21-7-6-19(15-39)10-25(21)36/h2*3-12,14,24,31H,13,16-18H2,1-2H3,(H,45,46)/t2*24-,31+/m11/s1. The smallest absolute Gasteiger partial charge is 0.335 e. The van der Waals surface area contributed by atoms with Gasteiger partial charge in [-0.25, -0.2) is 55.9 Å². The van der Waals surface area contributed by atoms with E-state index in [-0.39, 0.29) is 143 Å². The van der Waals surface area contributed by atoms with Crippen molar-refractivity contribution >= 4 is 45.8 Å². The molecular formula is C70H56F6N10O10. The number of carboxylic acids is 2. The number of fused-ring (bicyclic) bond motifs is 2. The number of hydrogen-bond acceptors (Lipinski definition) is 14. The van der Waals surface area contributed by atoms with Crippen LogP contribution in [0.3, 0.4) is 0 Å². The number of aromatic nitrogens is 6. The van der Waals surface area contributed by atoms with Gasteiger partial charge in [0.1, 0.15) is 59.8 Å². The first-order valence-corrected chi connectivity index (χ1v) is 29.7. The number of nitriles is 2. The summed E-state index contributed by atoms with van der Waals surface area (Å²) in [5, 5.41) is 37.1. The Balaban J connectivity index is 0.000000195. The third kappa shape index (κ3) is 13.9. The molecule has 0 aliphatic carbocycles. The highest BCUT2D eigenvalue weighted by atomic mass is 19.1. The lowest BCUT2D eigenvalue weighted by molar-refractivity contribution is -0.134. The van der Waals surface area contributed by atoms with Crippen molar-refractivity contribution < 1.29 is 74.7 Å². The summed E-state index contributed by atoms with van der Waals surface area (Å²) in [4.78, 5) is 70.4. The van der Waals surface area contributed by atoms with Gasteiger partial charge in [0, 0.05) is 75.4 Å². The van der Waals surface area contributed by atoms with E-state index < -0.39 is 70.8 Å². The van der Waals surface area contributed by atoms with Gasteiger partial charge in [-0.1, -0.05) is 24.3 Å². The van der Waals surface area contributed by atoms with E-state index in [2.05, 4.69) is 19.9 Å². The minimum atomic E-state index is -1.15. The summed E-state index contributed by atoms with van der Waals surface area (Å²) in [6.45, 7) is 0.136. The zero-order chi connectivity index (χ0) is 68.2. The lowest BCUT2D eigenvalue weighted by Gasteiger charge is -2.24. The Labute approximate surface area is 543 Å². The van der Waals surface area contributed by atoms with Gasteiger partial charge in [-0.2, -0.15) is 10.5 Å². The fourth-order valence-corrected chi connectivity index (χ4v) is 11.5. The predicted molar refractivity (Wildman–Crippen MR) is 333 cm³/mol. The molecule has 2 amide bonds. The lowest BCUT2D eigenvalue weighted by Crippen LogP contribution is -2.35. The van der Waals surface area contributed by atoms with Crippen LogP contribution in [0.25, 0.3) is 44.6 Å². The molecule has 2 N–H and O–H groups in total. The largest absolute Gasteiger partial charge is 0.478 e. The average Bonchev–Trinajstić information content (AvgIpc) is 1.63. The van der Waals surface area contributed by atoms with Gasteiger partial charge in [-0.05, 0) is 108 Å². The van der Waals surface area contributed by atoms with Crippen LogP contribution < -0.4 is 9.47 Å². The molecular weight excluding hydrogens is 1250 g/mol. The fraction of sp³-hybridized carbons (Fsp3) is 0.229. The highest BCUT2D eigenvalue weighted by molar-refractivity contribution is 5.94. The summed E-state index contributed by atoms with van der Waals surface area (Å²) >= 11 is 0. The van der Waals surface area contributed by atoms with Crippen LogP contribution in [0, 0.1) is 69.4 Å². The van der Waals surface area contributed by atoms with Crippen LogP contribution in [0.15, 0.2) is 133 Å². The Kier molecular flexibility index (Phi) is 19.2. The van der Waals surface area contributed by atoms with Gasteiger partial charge in [0.25, 0.3) is 0 Å². The number of rotatable bonds is 18. The molecule has 6 heterocycles. The van der Waals surface area contributed by atoms with Crippen LogP contribution >= 0.6 is 0 Å². The van der Waals surface area contributed by atoms with Gasteiger partial charge in [0.05, 0.1) is 118 Å². The van der Waals surface area contributed by atoms with Gasteiger partial charge in [-0.3, -0.25) is 9.59 Å². The topological polar surface area (TPSA) is 261 Å². The number of hydrogen-bond donors (Lipinski definition) is 2. The molecule has 20 nitrogen and oxygen atoms in total. The second-order valence-corrected chi connectivity index (χ2v) is 23.0. The fourth-order valence-electron chi connectivity index (χ4n) is 11.5. The number of halogens is 6. The van der Waals surface area contributed by atoms with Crippen molar-refractivity contribution in [2.75, 3.05) is 54.6 Å². The minimum absolute atomic E-state index is 0.00641. The number of amides is 2. The Morgan fingerprint density at radius 3 is 1.26 bits per heavy atom. The number of carbonyl (C=O) groups is 4. The second-order valence-electron chi connectivity index (χ2n) is 23.0. The van der Waals surface area contributed by atoms with Crippen molar-refractivity contribution in [3.63, 3.8) is 0 Å². The van der Waals surface area contributed by atoms with Crippen LogP contribution in [0.4, 0.5) is 26.3 Å². The number of carboxylic acid groups (broad SMARTS) is 2. The van der Waals surface area contributed by atoms with Crippen LogP contribution in [0.1, 0.15) is 77.8 Å². The number of pyridine rings is 2. The quantitative estimate of drug-likeness (QED) is 0.0757. The van der Waals surface area contributed by atoms with Crippen molar-refractivity contribution in [1.29, 1.82) is 10.5 Å². The maximum absolute atomic E-state index is 15.7. The highest BCUT2D eigenvalue weighted by Gasteiger charge is 2.40. The van der Waals surface area contributed by atoms with Gasteiger partial charge in [0.15, 0.2) is 0 Å². The molecule has 488 valence electrons. The molecule has 0 saturated carbocycles. The van der Waals surface area contributed by atoms with Crippen LogP contribution in [0.2, 0.25) is 0 Å². The summed E-state index contributed by atoms with van der Waals surface area (Å²) in [5.41, 5.74) is 2.28. The predicted octanol–water partition coefficient (Wildman–Crippen LogP) is 11.1. The molecule has 0 bridgehead atoms. The van der Waals surface area contributed by atoms with Gasteiger partial charge >= 0.3 is 11.9 Å². The molecule has 12 rings (SSSR count). The molecule has 4 atom stereocenters. The number of nitrogens with zero attached hydrogens (tertiary/aromatic N) is 10. The van der Waals surface area contributed by atoms with E-state index in [9.17, 15) is 38.2 Å². The molecule has 0 spiro atoms. The zero-order valence-electron chi connectivity index (χ0n) is 51.6. The number of carbonyl (C=O) groups excluding carboxylic acids is 2. The van der Waals surface area contributed by atoms with E-state index in [4.69, 9.17) is 29.5 Å². The first-order valence-electron chi connectivity index (χ1n) is 29.7. The van der Waals surface area contributed by atoms with Crippen LogP contribution in [-0.4, -0.2) is 127 Å². The number of ether oxygens (including phenoxy) is 4. The summed E-state index contributed by atoms with van der Waals surface area (Å²) in [6, 6.07) is 32.4. The van der Waals surface area contributed by atoms with E-state index in [1.54, 1.807) is 49.5 Å². The zero-order valence-corrected chi connectivity index (χ0v) is 51.6. The second kappa shape index (κ2) is 28.0. The molecule has 4 aromatic heterocycles. The molecule has 2 aliphatic rings. The van der Waals surface area contributed by atoms with Crippen LogP contribution in [0.5, 0.6) is 11.8 Å². The lowest BCUT2D eigenvalue weighted by atomic mass is 10.0. The Morgan fingerprint density at radius 1 is 0.500 bits per heavy atom. The number of aromatic carboxylic acids is 2. The maximum atomic E-state index is 15.7. The number of imidazole rings is 2. The van der Waals surface area contributed by atoms with E-state index in [1.807, 2.05) is 12.1 Å². The van der Waals surface area contributed by atoms with Crippen molar-refractivity contribution in [2.24, 2.45) is 11.8 Å². The minimum Gasteiger partial charge on any atom is -0.478 e. The van der Waals surface area contributed by atoms with E-state index in [1.165, 1.54) is 94.7 Å². The Bertz CT molecular complexity index is 4520. The first-order chi connectivity index (χ1) is 46.1. The van der Waals surface area contributed by atoms with Crippen molar-refractivity contribution in [3.8, 4) is 46.4 Å². The van der Waals surface area contributed by atoms with Crippen LogP contribution in [-0.2, 0) is 45.1 Å². The third-order valence-electron chi connectivity index (χ3n) is 16.4. The molecule has 96 heavy (non-hydrogen) atoms. The average molecular weight is 1310 g/mol. The summed E-state index contributed by atoms with van der Waals surface area (Å²) in [7, 11) is 6.50. The SMILES string of the molecule is CN(C)C(=O)[C@@H]1COC[C@@H]1n1c(Cc2cc(F)c(-c3cccc(OCc4ccc(C#N)cc4F)n3)cc2F)nc2ccc(C(=O)O)cc21.CN(C)C(=O)[C@@H]1COC[C@@H]1n1c(Cc2cc(F)c(-c3cccc(OCc4ccc(C#N)cc4F)n3)cc2F)nc2ccc(C(=O)O)cc21. The molecule has 6 aromatic carbocycles. The van der Waals surface area contributed by atoms with Crippen molar-refractivity contribution in [3.05, 3.63) is 225 Å². The molecule has 10 aromatic rings. The molecule has 0 radical (unpaired) electrons. The Morgan fingerprint density at radius 2 is 0.896 bits per heavy atom. The van der Waals surface area contributed by atoms with Gasteiger partial charge < -0.3 is 48.1 Å².